The van der Waals surface area contributed by atoms with Crippen molar-refractivity contribution in [2.75, 3.05) is 11.9 Å². The number of para-hydroxylation sites is 1. The number of nitrogens with zero attached hydrogens (tertiary/aromatic N) is 2. The maximum Gasteiger partial charge on any atom is 0.240 e. The van der Waals surface area contributed by atoms with E-state index in [2.05, 4.69) is 20.2 Å². The lowest BCUT2D eigenvalue weighted by Crippen LogP contribution is -2.27. The van der Waals surface area contributed by atoms with Crippen LogP contribution in [0.4, 0.5) is 10.8 Å². The summed E-state index contributed by atoms with van der Waals surface area (Å²) in [7, 11) is -3.60. The first-order chi connectivity index (χ1) is 15.1. The van der Waals surface area contributed by atoms with E-state index in [1.807, 2.05) is 60.7 Å². The van der Waals surface area contributed by atoms with Gasteiger partial charge in [-0.05, 0) is 29.8 Å². The zero-order chi connectivity index (χ0) is 21.5. The summed E-state index contributed by atoms with van der Waals surface area (Å²) >= 11 is 2.92. The van der Waals surface area contributed by atoms with Gasteiger partial charge in [-0.2, -0.15) is 0 Å². The quantitative estimate of drug-likeness (QED) is 0.333. The van der Waals surface area contributed by atoms with Gasteiger partial charge in [0.25, 0.3) is 0 Å². The second-order valence-electron chi connectivity index (χ2n) is 6.55. The van der Waals surface area contributed by atoms with Gasteiger partial charge in [0, 0.05) is 12.2 Å². The normalized spacial score (nSPS) is 12.4. The van der Waals surface area contributed by atoms with Crippen LogP contribution in [0.5, 0.6) is 0 Å². The minimum Gasteiger partial charge on any atom is -0.330 e. The van der Waals surface area contributed by atoms with Crippen LogP contribution in [0.3, 0.4) is 0 Å². The molecule has 1 atom stereocenters. The van der Waals surface area contributed by atoms with Gasteiger partial charge in [0.15, 0.2) is 4.34 Å². The van der Waals surface area contributed by atoms with Crippen LogP contribution in [0.15, 0.2) is 100 Å². The third kappa shape index (κ3) is 5.92. The molecule has 0 unspecified atom stereocenters. The Labute approximate surface area is 189 Å². The molecule has 9 heteroatoms. The molecule has 3 aromatic carbocycles. The number of benzene rings is 3. The lowest BCUT2D eigenvalue weighted by atomic mass is 10.1. The topological polar surface area (TPSA) is 84.0 Å². The Bertz CT molecular complexity index is 1200. The molecule has 0 aliphatic rings. The van der Waals surface area contributed by atoms with Gasteiger partial charge >= 0.3 is 0 Å². The van der Waals surface area contributed by atoms with E-state index in [0.717, 1.165) is 15.6 Å². The predicted molar refractivity (Wildman–Crippen MR) is 126 cm³/mol. The van der Waals surface area contributed by atoms with Crippen molar-refractivity contribution in [1.82, 2.24) is 14.9 Å². The SMILES string of the molecule is O=S(=O)(NC[C@@H](Sc1nnc(Nc2ccccc2)s1)c1ccccc1)c1ccccc1. The van der Waals surface area contributed by atoms with Crippen LogP contribution < -0.4 is 10.0 Å². The molecule has 158 valence electrons. The van der Waals surface area contributed by atoms with Crippen LogP contribution >= 0.6 is 23.1 Å². The van der Waals surface area contributed by atoms with Crippen molar-refractivity contribution < 1.29 is 8.42 Å². The summed E-state index contributed by atoms with van der Waals surface area (Å²) in [6.45, 7) is 0.229. The number of sulfonamides is 1. The summed E-state index contributed by atoms with van der Waals surface area (Å²) in [5, 5.41) is 12.2. The van der Waals surface area contributed by atoms with E-state index in [0.29, 0.717) is 5.13 Å². The number of hydrogen-bond donors (Lipinski definition) is 2. The Balaban J connectivity index is 1.49. The molecule has 4 aromatic rings. The first-order valence-corrected chi connectivity index (χ1v) is 12.7. The van der Waals surface area contributed by atoms with Gasteiger partial charge in [-0.3, -0.25) is 0 Å². The summed E-state index contributed by atoms with van der Waals surface area (Å²) in [5.41, 5.74) is 1.95. The molecule has 0 saturated heterocycles. The smallest absolute Gasteiger partial charge is 0.240 e. The number of hydrogen-bond acceptors (Lipinski definition) is 7. The monoisotopic (exact) mass is 468 g/mol. The fourth-order valence-electron chi connectivity index (χ4n) is 2.84. The molecule has 0 spiro atoms. The van der Waals surface area contributed by atoms with Crippen molar-refractivity contribution in [3.8, 4) is 0 Å². The highest BCUT2D eigenvalue weighted by Crippen LogP contribution is 2.38. The van der Waals surface area contributed by atoms with E-state index in [1.54, 1.807) is 30.3 Å². The van der Waals surface area contributed by atoms with Crippen LogP contribution in [-0.4, -0.2) is 25.2 Å². The van der Waals surface area contributed by atoms with Gasteiger partial charge in [-0.1, -0.05) is 89.8 Å². The Morgan fingerprint density at radius 3 is 2.13 bits per heavy atom. The molecular weight excluding hydrogens is 448 g/mol. The fourth-order valence-corrected chi connectivity index (χ4v) is 6.08. The van der Waals surface area contributed by atoms with Gasteiger partial charge < -0.3 is 5.32 Å². The summed E-state index contributed by atoms with van der Waals surface area (Å²) in [6.07, 6.45) is 0. The van der Waals surface area contributed by atoms with Crippen LogP contribution in [0.2, 0.25) is 0 Å². The highest BCUT2D eigenvalue weighted by atomic mass is 32.2. The first-order valence-electron chi connectivity index (χ1n) is 9.52. The molecule has 0 aliphatic heterocycles. The Kier molecular flexibility index (Phi) is 6.98. The second kappa shape index (κ2) is 10.1. The minimum atomic E-state index is -3.60. The molecule has 1 aromatic heterocycles. The third-order valence-electron chi connectivity index (χ3n) is 4.36. The van der Waals surface area contributed by atoms with Gasteiger partial charge in [0.1, 0.15) is 0 Å². The van der Waals surface area contributed by atoms with Gasteiger partial charge in [0.2, 0.25) is 15.2 Å². The van der Waals surface area contributed by atoms with E-state index >= 15 is 0 Å². The molecular formula is C22H20N4O2S3. The molecule has 31 heavy (non-hydrogen) atoms. The predicted octanol–water partition coefficient (Wildman–Crippen LogP) is 5.09. The summed E-state index contributed by atoms with van der Waals surface area (Å²) in [5.74, 6) is 0. The second-order valence-corrected chi connectivity index (χ2v) is 10.7. The molecule has 1 heterocycles. The van der Waals surface area contributed by atoms with Gasteiger partial charge in [-0.25, -0.2) is 13.1 Å². The molecule has 2 N–H and O–H groups in total. The Morgan fingerprint density at radius 1 is 0.839 bits per heavy atom. The van der Waals surface area contributed by atoms with Crippen LogP contribution in [0, 0.1) is 0 Å². The van der Waals surface area contributed by atoms with Crippen molar-refractivity contribution in [3.63, 3.8) is 0 Å². The van der Waals surface area contributed by atoms with E-state index in [1.165, 1.54) is 23.1 Å². The van der Waals surface area contributed by atoms with Crippen molar-refractivity contribution in [3.05, 3.63) is 96.6 Å². The van der Waals surface area contributed by atoms with E-state index in [9.17, 15) is 8.42 Å². The number of aromatic nitrogens is 2. The van der Waals surface area contributed by atoms with E-state index < -0.39 is 10.0 Å². The first kappa shape index (κ1) is 21.5. The molecule has 0 amide bonds. The van der Waals surface area contributed by atoms with E-state index in [-0.39, 0.29) is 16.7 Å². The van der Waals surface area contributed by atoms with Crippen molar-refractivity contribution in [2.24, 2.45) is 0 Å². The van der Waals surface area contributed by atoms with Crippen LogP contribution in [0.1, 0.15) is 10.8 Å². The van der Waals surface area contributed by atoms with E-state index in [4.69, 9.17) is 0 Å². The summed E-state index contributed by atoms with van der Waals surface area (Å²) in [4.78, 5) is 0.247. The Hall–Kier alpha value is -2.72. The molecule has 4 rings (SSSR count). The molecule has 6 nitrogen and oxygen atoms in total. The number of thioether (sulfide) groups is 1. The maximum absolute atomic E-state index is 12.7. The molecule has 0 saturated carbocycles. The van der Waals surface area contributed by atoms with Crippen LogP contribution in [-0.2, 0) is 10.0 Å². The van der Waals surface area contributed by atoms with Crippen molar-refractivity contribution in [2.45, 2.75) is 14.5 Å². The zero-order valence-corrected chi connectivity index (χ0v) is 18.8. The Morgan fingerprint density at radius 2 is 1.45 bits per heavy atom. The van der Waals surface area contributed by atoms with Crippen molar-refractivity contribution in [1.29, 1.82) is 0 Å². The lowest BCUT2D eigenvalue weighted by molar-refractivity contribution is 0.581. The average molecular weight is 469 g/mol. The summed E-state index contributed by atoms with van der Waals surface area (Å²) in [6, 6.07) is 27.9. The molecule has 0 fully saturated rings. The average Bonchev–Trinajstić information content (AvgIpc) is 3.25. The largest absolute Gasteiger partial charge is 0.330 e. The van der Waals surface area contributed by atoms with Gasteiger partial charge in [-0.15, -0.1) is 10.2 Å². The number of anilines is 2. The molecule has 0 radical (unpaired) electrons. The number of rotatable bonds is 9. The van der Waals surface area contributed by atoms with Crippen LogP contribution in [0.25, 0.3) is 0 Å². The fraction of sp³-hybridized carbons (Fsp3) is 0.0909. The highest BCUT2D eigenvalue weighted by Gasteiger charge is 2.20. The highest BCUT2D eigenvalue weighted by molar-refractivity contribution is 8.01. The summed E-state index contributed by atoms with van der Waals surface area (Å²) < 4.78 is 28.8. The minimum absolute atomic E-state index is 0.155. The van der Waals surface area contributed by atoms with Gasteiger partial charge in [0.05, 0.1) is 10.1 Å². The zero-order valence-electron chi connectivity index (χ0n) is 16.4. The standard InChI is InChI=1S/C22H20N4O2S3/c27-31(28,19-14-8-3-9-15-19)23-16-20(17-10-4-1-5-11-17)29-22-26-25-21(30-22)24-18-12-6-2-7-13-18/h1-15,20,23H,16H2,(H,24,25)/t20-/m1/s1. The molecule has 0 aliphatic carbocycles. The number of nitrogens with one attached hydrogen (secondary N) is 2. The lowest BCUT2D eigenvalue weighted by Gasteiger charge is -2.16. The molecule has 0 bridgehead atoms. The third-order valence-corrected chi connectivity index (χ3v) is 7.98. The van der Waals surface area contributed by atoms with Crippen molar-refractivity contribution >= 4 is 43.9 Å². The maximum atomic E-state index is 12.7.